The molecule has 0 saturated carbocycles. The van der Waals surface area contributed by atoms with Crippen LogP contribution in [0.5, 0.6) is 0 Å². The van der Waals surface area contributed by atoms with Crippen molar-refractivity contribution in [2.75, 3.05) is 13.2 Å². The van der Waals surface area contributed by atoms with Crippen molar-refractivity contribution in [3.63, 3.8) is 0 Å². The minimum absolute atomic E-state index is 0.0436. The molecule has 0 saturated heterocycles. The fourth-order valence-electron chi connectivity index (χ4n) is 3.97. The van der Waals surface area contributed by atoms with Crippen molar-refractivity contribution in [3.8, 4) is 11.1 Å². The molecule has 29 heavy (non-hydrogen) atoms. The van der Waals surface area contributed by atoms with Gasteiger partial charge in [0.25, 0.3) is 0 Å². The summed E-state index contributed by atoms with van der Waals surface area (Å²) in [5.41, 5.74) is 4.89. The Labute approximate surface area is 169 Å². The van der Waals surface area contributed by atoms with Crippen molar-refractivity contribution in [1.29, 1.82) is 0 Å². The third kappa shape index (κ3) is 3.87. The summed E-state index contributed by atoms with van der Waals surface area (Å²) in [5.74, 6) is -0.470. The van der Waals surface area contributed by atoms with Crippen LogP contribution in [0.15, 0.2) is 72.8 Å². The monoisotopic (exact) mass is 391 g/mol. The first-order valence-corrected chi connectivity index (χ1v) is 9.66. The average Bonchev–Trinajstić information content (AvgIpc) is 3.06. The van der Waals surface area contributed by atoms with Crippen LogP contribution in [0.1, 0.15) is 35.1 Å². The fourth-order valence-corrected chi connectivity index (χ4v) is 3.97. The summed E-state index contributed by atoms with van der Waals surface area (Å²) in [6.07, 6.45) is -0.431. The van der Waals surface area contributed by atoms with Gasteiger partial charge in [-0.15, -0.1) is 0 Å². The maximum Gasteiger partial charge on any atom is 0.407 e. The Kier molecular flexibility index (Phi) is 5.58. The number of aliphatic hydroxyl groups is 1. The smallest absolute Gasteiger partial charge is 0.407 e. The van der Waals surface area contributed by atoms with Gasteiger partial charge in [0.15, 0.2) is 0 Å². The van der Waals surface area contributed by atoms with E-state index in [1.165, 1.54) is 6.07 Å². The zero-order valence-corrected chi connectivity index (χ0v) is 15.8. The molecule has 1 aliphatic carbocycles. The second-order valence-electron chi connectivity index (χ2n) is 7.06. The van der Waals surface area contributed by atoms with Crippen LogP contribution < -0.4 is 5.32 Å². The summed E-state index contributed by atoms with van der Waals surface area (Å²) in [6, 6.07) is 21.8. The third-order valence-electron chi connectivity index (χ3n) is 5.33. The first-order valence-electron chi connectivity index (χ1n) is 9.66. The molecule has 0 spiro atoms. The molecule has 0 aromatic heterocycles. The lowest BCUT2D eigenvalue weighted by atomic mass is 9.98. The van der Waals surface area contributed by atoms with Gasteiger partial charge >= 0.3 is 6.09 Å². The van der Waals surface area contributed by atoms with Gasteiger partial charge in [0.05, 0.1) is 6.04 Å². The summed E-state index contributed by atoms with van der Waals surface area (Å²) in [6.45, 7) is 0.00559. The van der Waals surface area contributed by atoms with Crippen LogP contribution in [-0.2, 0) is 4.74 Å². The van der Waals surface area contributed by atoms with E-state index in [2.05, 4.69) is 29.6 Å². The van der Waals surface area contributed by atoms with Crippen LogP contribution in [0.25, 0.3) is 11.1 Å². The molecule has 3 aromatic rings. The minimum atomic E-state index is -0.656. The number of carbonyl (C=O) groups is 1. The van der Waals surface area contributed by atoms with Crippen LogP contribution in [0.4, 0.5) is 9.18 Å². The molecule has 1 amide bonds. The number of hydrogen-bond donors (Lipinski definition) is 2. The van der Waals surface area contributed by atoms with Gasteiger partial charge in [0.1, 0.15) is 12.4 Å². The van der Waals surface area contributed by atoms with E-state index in [0.29, 0.717) is 5.56 Å². The van der Waals surface area contributed by atoms with Crippen molar-refractivity contribution in [3.05, 3.63) is 95.3 Å². The van der Waals surface area contributed by atoms with E-state index in [-0.39, 0.29) is 25.6 Å². The molecule has 0 radical (unpaired) electrons. The summed E-state index contributed by atoms with van der Waals surface area (Å²) in [7, 11) is 0. The number of fused-ring (bicyclic) bond motifs is 3. The number of benzene rings is 3. The first kappa shape index (κ1) is 19.2. The number of halogens is 1. The second-order valence-corrected chi connectivity index (χ2v) is 7.06. The van der Waals surface area contributed by atoms with Crippen LogP contribution in [0.3, 0.4) is 0 Å². The molecular weight excluding hydrogens is 369 g/mol. The molecule has 0 heterocycles. The first-order chi connectivity index (χ1) is 14.2. The predicted molar refractivity (Wildman–Crippen MR) is 109 cm³/mol. The molecule has 3 aromatic carbocycles. The standard InChI is InChI=1S/C24H22FNO3/c25-22-12-6-5-11-20(22)23(13-14-27)26-24(28)29-15-21-18-9-3-1-7-16(18)17-8-2-4-10-19(17)21/h1-12,21,23,27H,13-15H2,(H,26,28). The van der Waals surface area contributed by atoms with Gasteiger partial charge in [-0.05, 0) is 34.7 Å². The van der Waals surface area contributed by atoms with Crippen LogP contribution >= 0.6 is 0 Å². The number of carbonyl (C=O) groups excluding carboxylic acids is 1. The summed E-state index contributed by atoms with van der Waals surface area (Å²) in [4.78, 5) is 12.5. The van der Waals surface area contributed by atoms with Gasteiger partial charge < -0.3 is 15.2 Å². The van der Waals surface area contributed by atoms with Gasteiger partial charge in [-0.2, -0.15) is 0 Å². The molecule has 5 heteroatoms. The van der Waals surface area contributed by atoms with Crippen molar-refractivity contribution >= 4 is 6.09 Å². The number of hydrogen-bond acceptors (Lipinski definition) is 3. The molecule has 2 N–H and O–H groups in total. The highest BCUT2D eigenvalue weighted by atomic mass is 19.1. The fraction of sp³-hybridized carbons (Fsp3) is 0.208. The lowest BCUT2D eigenvalue weighted by Gasteiger charge is -2.20. The second kappa shape index (κ2) is 8.45. The Balaban J connectivity index is 1.48. The summed E-state index contributed by atoms with van der Waals surface area (Å²) >= 11 is 0. The zero-order valence-electron chi connectivity index (χ0n) is 15.8. The maximum absolute atomic E-state index is 14.1. The van der Waals surface area contributed by atoms with Gasteiger partial charge in [-0.1, -0.05) is 66.7 Å². The quantitative estimate of drug-likeness (QED) is 0.635. The highest BCUT2D eigenvalue weighted by Gasteiger charge is 2.29. The van der Waals surface area contributed by atoms with E-state index in [4.69, 9.17) is 4.74 Å². The van der Waals surface area contributed by atoms with E-state index in [1.807, 2.05) is 24.3 Å². The summed E-state index contributed by atoms with van der Waals surface area (Å²) < 4.78 is 19.6. The molecule has 4 nitrogen and oxygen atoms in total. The zero-order chi connectivity index (χ0) is 20.2. The highest BCUT2D eigenvalue weighted by molar-refractivity contribution is 5.79. The minimum Gasteiger partial charge on any atom is -0.449 e. The van der Waals surface area contributed by atoms with Crippen LogP contribution in [0, 0.1) is 5.82 Å². The van der Waals surface area contributed by atoms with E-state index in [1.54, 1.807) is 18.2 Å². The van der Waals surface area contributed by atoms with Gasteiger partial charge in [-0.25, -0.2) is 9.18 Å². The van der Waals surface area contributed by atoms with Gasteiger partial charge in [0, 0.05) is 18.1 Å². The SMILES string of the molecule is O=C(NC(CCO)c1ccccc1F)OCC1c2ccccc2-c2ccccc21. The Morgan fingerprint density at radius 1 is 0.966 bits per heavy atom. The van der Waals surface area contributed by atoms with Gasteiger partial charge in [0.2, 0.25) is 0 Å². The summed E-state index contributed by atoms with van der Waals surface area (Å²) in [5, 5.41) is 12.0. The Morgan fingerprint density at radius 2 is 1.55 bits per heavy atom. The van der Waals surface area contributed by atoms with Crippen molar-refractivity contribution in [2.45, 2.75) is 18.4 Å². The maximum atomic E-state index is 14.1. The van der Waals surface area contributed by atoms with Crippen LogP contribution in [0.2, 0.25) is 0 Å². The molecule has 148 valence electrons. The normalized spacial score (nSPS) is 13.4. The number of amides is 1. The number of nitrogens with one attached hydrogen (secondary N) is 1. The van der Waals surface area contributed by atoms with E-state index < -0.39 is 18.0 Å². The Bertz CT molecular complexity index is 975. The molecule has 0 fully saturated rings. The van der Waals surface area contributed by atoms with E-state index >= 15 is 0 Å². The topological polar surface area (TPSA) is 58.6 Å². The Hall–Kier alpha value is -3.18. The lowest BCUT2D eigenvalue weighted by Crippen LogP contribution is -2.31. The molecule has 0 aliphatic heterocycles. The van der Waals surface area contributed by atoms with Crippen molar-refractivity contribution < 1.29 is 19.0 Å². The van der Waals surface area contributed by atoms with Crippen molar-refractivity contribution in [1.82, 2.24) is 5.32 Å². The lowest BCUT2D eigenvalue weighted by molar-refractivity contribution is 0.136. The molecular formula is C24H22FNO3. The number of alkyl carbamates (subject to hydrolysis) is 1. The number of ether oxygens (including phenoxy) is 1. The van der Waals surface area contributed by atoms with Crippen LogP contribution in [-0.4, -0.2) is 24.4 Å². The molecule has 1 atom stereocenters. The highest BCUT2D eigenvalue weighted by Crippen LogP contribution is 2.44. The van der Waals surface area contributed by atoms with E-state index in [9.17, 15) is 14.3 Å². The molecule has 0 bridgehead atoms. The third-order valence-corrected chi connectivity index (χ3v) is 5.33. The number of aliphatic hydroxyl groups excluding tert-OH is 1. The van der Waals surface area contributed by atoms with E-state index in [0.717, 1.165) is 22.3 Å². The predicted octanol–water partition coefficient (Wildman–Crippen LogP) is 4.79. The van der Waals surface area contributed by atoms with Gasteiger partial charge in [-0.3, -0.25) is 0 Å². The average molecular weight is 391 g/mol. The molecule has 4 rings (SSSR count). The Morgan fingerprint density at radius 3 is 2.17 bits per heavy atom. The molecule has 1 unspecified atom stereocenters. The largest absolute Gasteiger partial charge is 0.449 e. The number of rotatable bonds is 6. The van der Waals surface area contributed by atoms with Crippen molar-refractivity contribution in [2.24, 2.45) is 0 Å². The molecule has 1 aliphatic rings.